The SMILES string of the molecule is Cc1c(O)cccc1NC(=O)COc1cccc(Cl)c1. The number of rotatable bonds is 4. The Morgan fingerprint density at radius 3 is 2.80 bits per heavy atom. The molecule has 0 atom stereocenters. The lowest BCUT2D eigenvalue weighted by molar-refractivity contribution is -0.118. The van der Waals surface area contributed by atoms with E-state index in [1.807, 2.05) is 0 Å². The monoisotopic (exact) mass is 291 g/mol. The Hall–Kier alpha value is -2.20. The molecule has 0 radical (unpaired) electrons. The Kier molecular flexibility index (Phi) is 4.48. The molecule has 104 valence electrons. The van der Waals surface area contributed by atoms with Crippen molar-refractivity contribution in [1.82, 2.24) is 0 Å². The molecule has 1 amide bonds. The number of hydrogen-bond donors (Lipinski definition) is 2. The second-order valence-electron chi connectivity index (χ2n) is 4.24. The maximum Gasteiger partial charge on any atom is 0.262 e. The van der Waals surface area contributed by atoms with Crippen LogP contribution < -0.4 is 10.1 Å². The molecule has 2 N–H and O–H groups in total. The fraction of sp³-hybridized carbons (Fsp3) is 0.133. The van der Waals surface area contributed by atoms with Crippen LogP contribution in [0.2, 0.25) is 5.02 Å². The Bertz CT molecular complexity index is 628. The van der Waals surface area contributed by atoms with Crippen LogP contribution >= 0.6 is 11.6 Å². The molecule has 2 aromatic carbocycles. The van der Waals surface area contributed by atoms with E-state index in [2.05, 4.69) is 5.32 Å². The van der Waals surface area contributed by atoms with Gasteiger partial charge in [-0.15, -0.1) is 0 Å². The minimum absolute atomic E-state index is 0.130. The number of benzene rings is 2. The van der Waals surface area contributed by atoms with Crippen LogP contribution in [-0.2, 0) is 4.79 Å². The molecule has 0 spiro atoms. The second-order valence-corrected chi connectivity index (χ2v) is 4.68. The van der Waals surface area contributed by atoms with Gasteiger partial charge >= 0.3 is 0 Å². The Morgan fingerprint density at radius 1 is 1.30 bits per heavy atom. The van der Waals surface area contributed by atoms with Gasteiger partial charge in [0.1, 0.15) is 11.5 Å². The van der Waals surface area contributed by atoms with Gasteiger partial charge in [0, 0.05) is 16.3 Å². The Labute approximate surface area is 122 Å². The van der Waals surface area contributed by atoms with Gasteiger partial charge in [0.05, 0.1) is 0 Å². The molecule has 0 saturated heterocycles. The van der Waals surface area contributed by atoms with Crippen LogP contribution in [0.25, 0.3) is 0 Å². The predicted octanol–water partition coefficient (Wildman–Crippen LogP) is 3.37. The van der Waals surface area contributed by atoms with Gasteiger partial charge in [-0.3, -0.25) is 4.79 Å². The molecular formula is C15H14ClNO3. The molecule has 2 aromatic rings. The van der Waals surface area contributed by atoms with E-state index >= 15 is 0 Å². The number of carbonyl (C=O) groups is 1. The average molecular weight is 292 g/mol. The summed E-state index contributed by atoms with van der Waals surface area (Å²) in [5.74, 6) is 0.359. The first-order chi connectivity index (χ1) is 9.56. The van der Waals surface area contributed by atoms with E-state index in [0.717, 1.165) is 0 Å². The van der Waals surface area contributed by atoms with Crippen LogP contribution in [-0.4, -0.2) is 17.6 Å². The molecule has 0 aliphatic rings. The summed E-state index contributed by atoms with van der Waals surface area (Å²) in [5.41, 5.74) is 1.17. The summed E-state index contributed by atoms with van der Waals surface area (Å²) < 4.78 is 5.33. The number of nitrogens with one attached hydrogen (secondary N) is 1. The molecular weight excluding hydrogens is 278 g/mol. The lowest BCUT2D eigenvalue weighted by Gasteiger charge is -2.10. The fourth-order valence-corrected chi connectivity index (χ4v) is 1.83. The van der Waals surface area contributed by atoms with Gasteiger partial charge < -0.3 is 15.2 Å². The first kappa shape index (κ1) is 14.2. The van der Waals surface area contributed by atoms with Crippen molar-refractivity contribution in [2.45, 2.75) is 6.92 Å². The van der Waals surface area contributed by atoms with Crippen molar-refractivity contribution < 1.29 is 14.6 Å². The van der Waals surface area contributed by atoms with Crippen molar-refractivity contribution in [3.05, 3.63) is 53.1 Å². The lowest BCUT2D eigenvalue weighted by atomic mass is 10.2. The molecule has 5 heteroatoms. The van der Waals surface area contributed by atoms with Crippen molar-refractivity contribution >= 4 is 23.2 Å². The molecule has 4 nitrogen and oxygen atoms in total. The number of anilines is 1. The summed E-state index contributed by atoms with van der Waals surface area (Å²) in [4.78, 5) is 11.8. The summed E-state index contributed by atoms with van der Waals surface area (Å²) in [7, 11) is 0. The van der Waals surface area contributed by atoms with E-state index in [-0.39, 0.29) is 18.3 Å². The molecule has 0 fully saturated rings. The zero-order valence-electron chi connectivity index (χ0n) is 10.9. The second kappa shape index (κ2) is 6.30. The van der Waals surface area contributed by atoms with Crippen molar-refractivity contribution in [1.29, 1.82) is 0 Å². The van der Waals surface area contributed by atoms with Crippen LogP contribution in [0.3, 0.4) is 0 Å². The number of aromatic hydroxyl groups is 1. The minimum Gasteiger partial charge on any atom is -0.508 e. The predicted molar refractivity (Wildman–Crippen MR) is 78.4 cm³/mol. The highest BCUT2D eigenvalue weighted by Crippen LogP contribution is 2.23. The third kappa shape index (κ3) is 3.65. The first-order valence-corrected chi connectivity index (χ1v) is 6.41. The zero-order valence-corrected chi connectivity index (χ0v) is 11.6. The maximum absolute atomic E-state index is 11.8. The van der Waals surface area contributed by atoms with Crippen molar-refractivity contribution in [2.24, 2.45) is 0 Å². The molecule has 2 rings (SSSR count). The molecule has 0 aromatic heterocycles. The third-order valence-corrected chi connectivity index (χ3v) is 2.98. The summed E-state index contributed by atoms with van der Waals surface area (Å²) in [6, 6.07) is 11.8. The minimum atomic E-state index is -0.307. The summed E-state index contributed by atoms with van der Waals surface area (Å²) in [6.07, 6.45) is 0. The zero-order chi connectivity index (χ0) is 14.5. The number of halogens is 1. The normalized spacial score (nSPS) is 10.1. The quantitative estimate of drug-likeness (QED) is 0.908. The van der Waals surface area contributed by atoms with Crippen molar-refractivity contribution in [3.8, 4) is 11.5 Å². The van der Waals surface area contributed by atoms with Gasteiger partial charge in [-0.2, -0.15) is 0 Å². The highest BCUT2D eigenvalue weighted by molar-refractivity contribution is 6.30. The van der Waals surface area contributed by atoms with Crippen LogP contribution in [0.15, 0.2) is 42.5 Å². The van der Waals surface area contributed by atoms with E-state index in [4.69, 9.17) is 16.3 Å². The maximum atomic E-state index is 11.8. The van der Waals surface area contributed by atoms with Crippen LogP contribution in [0.1, 0.15) is 5.56 Å². The van der Waals surface area contributed by atoms with E-state index in [0.29, 0.717) is 22.0 Å². The van der Waals surface area contributed by atoms with Crippen molar-refractivity contribution in [3.63, 3.8) is 0 Å². The first-order valence-electron chi connectivity index (χ1n) is 6.03. The summed E-state index contributed by atoms with van der Waals surface area (Å²) in [6.45, 7) is 1.60. The largest absolute Gasteiger partial charge is 0.508 e. The van der Waals surface area contributed by atoms with Gasteiger partial charge in [0.15, 0.2) is 6.61 Å². The van der Waals surface area contributed by atoms with Crippen molar-refractivity contribution in [2.75, 3.05) is 11.9 Å². The Balaban J connectivity index is 1.94. The molecule has 0 unspecified atom stereocenters. The van der Waals surface area contributed by atoms with Crippen LogP contribution in [0, 0.1) is 6.92 Å². The number of phenolic OH excluding ortho intramolecular Hbond substituents is 1. The van der Waals surface area contributed by atoms with Gasteiger partial charge in [-0.25, -0.2) is 0 Å². The smallest absolute Gasteiger partial charge is 0.262 e. The number of hydrogen-bond acceptors (Lipinski definition) is 3. The van der Waals surface area contributed by atoms with Crippen LogP contribution in [0.5, 0.6) is 11.5 Å². The summed E-state index contributed by atoms with van der Waals surface area (Å²) >= 11 is 5.82. The summed E-state index contributed by atoms with van der Waals surface area (Å²) in [5, 5.41) is 12.8. The van der Waals surface area contributed by atoms with E-state index in [1.165, 1.54) is 0 Å². The molecule has 0 aliphatic heterocycles. The third-order valence-electron chi connectivity index (χ3n) is 2.75. The molecule has 0 heterocycles. The molecule has 0 aliphatic carbocycles. The highest BCUT2D eigenvalue weighted by atomic mass is 35.5. The molecule has 0 bridgehead atoms. The number of phenols is 1. The van der Waals surface area contributed by atoms with E-state index in [9.17, 15) is 9.90 Å². The number of carbonyl (C=O) groups excluding carboxylic acids is 1. The average Bonchev–Trinajstić information content (AvgIpc) is 2.42. The van der Waals surface area contributed by atoms with E-state index < -0.39 is 0 Å². The lowest BCUT2D eigenvalue weighted by Crippen LogP contribution is -2.20. The number of ether oxygens (including phenoxy) is 1. The van der Waals surface area contributed by atoms with Crippen LogP contribution in [0.4, 0.5) is 5.69 Å². The van der Waals surface area contributed by atoms with Gasteiger partial charge in [0.2, 0.25) is 0 Å². The topological polar surface area (TPSA) is 58.6 Å². The highest BCUT2D eigenvalue weighted by Gasteiger charge is 2.08. The van der Waals surface area contributed by atoms with Gasteiger partial charge in [-0.05, 0) is 37.3 Å². The van der Waals surface area contributed by atoms with Gasteiger partial charge in [0.25, 0.3) is 5.91 Å². The van der Waals surface area contributed by atoms with Gasteiger partial charge in [-0.1, -0.05) is 23.7 Å². The molecule has 20 heavy (non-hydrogen) atoms. The Morgan fingerprint density at radius 2 is 2.05 bits per heavy atom. The molecule has 0 saturated carbocycles. The fourth-order valence-electron chi connectivity index (χ4n) is 1.65. The standard InChI is InChI=1S/C15H14ClNO3/c1-10-13(6-3-7-14(10)18)17-15(19)9-20-12-5-2-4-11(16)8-12/h2-8,18H,9H2,1H3,(H,17,19). The number of amides is 1. The van der Waals surface area contributed by atoms with E-state index in [1.54, 1.807) is 49.4 Å².